The van der Waals surface area contributed by atoms with Crippen LogP contribution in [-0.4, -0.2) is 44.9 Å². The average molecular weight is 711 g/mol. The molecular formula is C40H24BrN9. The highest BCUT2D eigenvalue weighted by Crippen LogP contribution is 2.36. The third kappa shape index (κ3) is 5.57. The van der Waals surface area contributed by atoms with Crippen molar-refractivity contribution in [2.45, 2.75) is 0 Å². The molecule has 4 aromatic heterocycles. The summed E-state index contributed by atoms with van der Waals surface area (Å²) in [6, 6.07) is 45.4. The summed E-state index contributed by atoms with van der Waals surface area (Å²) in [5, 5.41) is 1.69. The molecule has 0 spiro atoms. The van der Waals surface area contributed by atoms with Crippen molar-refractivity contribution >= 4 is 37.9 Å². The molecule has 9 nitrogen and oxygen atoms in total. The summed E-state index contributed by atoms with van der Waals surface area (Å²) in [5.74, 6) is 3.10. The molecule has 0 aliphatic rings. The van der Waals surface area contributed by atoms with Crippen molar-refractivity contribution in [3.05, 3.63) is 144 Å². The van der Waals surface area contributed by atoms with Crippen molar-refractivity contribution < 1.29 is 0 Å². The van der Waals surface area contributed by atoms with Crippen LogP contribution in [0.5, 0.6) is 0 Å². The highest BCUT2D eigenvalue weighted by molar-refractivity contribution is 9.10. The van der Waals surface area contributed by atoms with E-state index in [0.29, 0.717) is 52.1 Å². The first kappa shape index (κ1) is 29.6. The molecule has 1 N–H and O–H groups in total. The van der Waals surface area contributed by atoms with Gasteiger partial charge in [-0.05, 0) is 18.2 Å². The first-order valence-corrected chi connectivity index (χ1v) is 16.7. The van der Waals surface area contributed by atoms with Gasteiger partial charge in [0, 0.05) is 37.6 Å². The Labute approximate surface area is 294 Å². The van der Waals surface area contributed by atoms with Crippen molar-refractivity contribution in [1.29, 1.82) is 0 Å². The number of nitrogens with one attached hydrogen (secondary N) is 1. The lowest BCUT2D eigenvalue weighted by Crippen LogP contribution is -2.05. The van der Waals surface area contributed by atoms with Gasteiger partial charge < -0.3 is 4.98 Å². The maximum Gasteiger partial charge on any atom is 0.201 e. The van der Waals surface area contributed by atoms with Crippen molar-refractivity contribution in [3.63, 3.8) is 0 Å². The van der Waals surface area contributed by atoms with E-state index < -0.39 is 0 Å². The fraction of sp³-hybridized carbons (Fsp3) is 0. The molecule has 0 saturated heterocycles. The van der Waals surface area contributed by atoms with E-state index in [9.17, 15) is 0 Å². The molecule has 0 bridgehead atoms. The Hall–Kier alpha value is -6.52. The highest BCUT2D eigenvalue weighted by atomic mass is 79.9. The smallest absolute Gasteiger partial charge is 0.201 e. The van der Waals surface area contributed by atoms with Gasteiger partial charge in [0.05, 0.1) is 5.39 Å². The lowest BCUT2D eigenvalue weighted by Gasteiger charge is -2.11. The van der Waals surface area contributed by atoms with Gasteiger partial charge in [-0.2, -0.15) is 0 Å². The van der Waals surface area contributed by atoms with E-state index in [-0.39, 0.29) is 0 Å². The predicted octanol–water partition coefficient (Wildman–Crippen LogP) is 9.25. The van der Waals surface area contributed by atoms with Crippen LogP contribution < -0.4 is 0 Å². The van der Waals surface area contributed by atoms with Gasteiger partial charge >= 0.3 is 0 Å². The van der Waals surface area contributed by atoms with Crippen LogP contribution in [0.25, 0.3) is 90.7 Å². The lowest BCUT2D eigenvalue weighted by molar-refractivity contribution is 1.03. The van der Waals surface area contributed by atoms with E-state index in [1.54, 1.807) is 0 Å². The van der Waals surface area contributed by atoms with Gasteiger partial charge in [-0.3, -0.25) is 0 Å². The first-order chi connectivity index (χ1) is 24.7. The average Bonchev–Trinajstić information content (AvgIpc) is 3.56. The molecule has 0 atom stereocenters. The number of hydrogen-bond donors (Lipinski definition) is 1. The second kappa shape index (κ2) is 12.5. The molecule has 9 rings (SSSR count). The molecule has 50 heavy (non-hydrogen) atoms. The van der Waals surface area contributed by atoms with Crippen LogP contribution in [0.15, 0.2) is 144 Å². The third-order valence-electron chi connectivity index (χ3n) is 8.22. The number of hydrogen-bond acceptors (Lipinski definition) is 8. The van der Waals surface area contributed by atoms with Gasteiger partial charge in [0.2, 0.25) is 11.6 Å². The lowest BCUT2D eigenvalue weighted by atomic mass is 10.1. The molecule has 0 aliphatic carbocycles. The van der Waals surface area contributed by atoms with Gasteiger partial charge in [0.1, 0.15) is 11.3 Å². The molecule has 236 valence electrons. The molecule has 0 unspecified atom stereocenters. The normalized spacial score (nSPS) is 11.3. The summed E-state index contributed by atoms with van der Waals surface area (Å²) in [4.78, 5) is 43.4. The number of rotatable bonds is 6. The maximum atomic E-state index is 5.18. The fourth-order valence-electron chi connectivity index (χ4n) is 5.85. The van der Waals surface area contributed by atoms with Gasteiger partial charge in [0.15, 0.2) is 29.1 Å². The Kier molecular flexibility index (Phi) is 7.40. The second-order valence-electron chi connectivity index (χ2n) is 11.5. The van der Waals surface area contributed by atoms with E-state index >= 15 is 0 Å². The van der Waals surface area contributed by atoms with E-state index in [1.165, 1.54) is 0 Å². The maximum absolute atomic E-state index is 5.18. The van der Waals surface area contributed by atoms with Crippen LogP contribution in [0.2, 0.25) is 0 Å². The van der Waals surface area contributed by atoms with Crippen molar-refractivity contribution in [2.24, 2.45) is 0 Å². The Morgan fingerprint density at radius 3 is 1.24 bits per heavy atom. The van der Waals surface area contributed by atoms with Gasteiger partial charge in [-0.25, -0.2) is 39.9 Å². The number of H-pyrrole nitrogens is 1. The van der Waals surface area contributed by atoms with E-state index in [1.807, 2.05) is 140 Å². The van der Waals surface area contributed by atoms with Crippen LogP contribution in [0.3, 0.4) is 0 Å². The van der Waals surface area contributed by atoms with Crippen LogP contribution >= 0.6 is 15.9 Å². The molecule has 0 fully saturated rings. The van der Waals surface area contributed by atoms with Crippen LogP contribution in [0.1, 0.15) is 0 Å². The molecule has 0 radical (unpaired) electrons. The quantitative estimate of drug-likeness (QED) is 0.181. The molecule has 0 aliphatic heterocycles. The zero-order valence-electron chi connectivity index (χ0n) is 26.2. The van der Waals surface area contributed by atoms with Gasteiger partial charge in [0.25, 0.3) is 0 Å². The van der Waals surface area contributed by atoms with Crippen LogP contribution in [0.4, 0.5) is 0 Å². The Bertz CT molecular complexity index is 2530. The monoisotopic (exact) mass is 709 g/mol. The summed E-state index contributed by atoms with van der Waals surface area (Å²) < 4.78 is 0.920. The molecule has 9 aromatic rings. The topological polar surface area (TPSA) is 119 Å². The second-order valence-corrected chi connectivity index (χ2v) is 12.4. The third-order valence-corrected chi connectivity index (χ3v) is 8.72. The standard InChI is InChI=1S/C40H24BrN9/c41-28-21-22-30-29(23-28)31-32(38-46-33(24-13-5-1-6-14-24)44-34(47-38)25-15-7-2-8-16-25)43-39(50-37(31)42-30)40-48-35(26-17-9-3-10-18-26)45-36(49-40)27-19-11-4-12-20-27/h1-23H,(H,42,43,50). The molecule has 0 saturated carbocycles. The fourth-order valence-corrected chi connectivity index (χ4v) is 6.21. The molecule has 10 heteroatoms. The Balaban J connectivity index is 1.34. The minimum Gasteiger partial charge on any atom is -0.339 e. The first-order valence-electron chi connectivity index (χ1n) is 15.9. The van der Waals surface area contributed by atoms with Crippen LogP contribution in [0, 0.1) is 0 Å². The molecule has 5 aromatic carbocycles. The Morgan fingerprint density at radius 2 is 0.780 bits per heavy atom. The van der Waals surface area contributed by atoms with Gasteiger partial charge in [-0.15, -0.1) is 0 Å². The highest BCUT2D eigenvalue weighted by Gasteiger charge is 2.23. The molecule has 4 heterocycles. The van der Waals surface area contributed by atoms with Crippen molar-refractivity contribution in [2.75, 3.05) is 0 Å². The van der Waals surface area contributed by atoms with Crippen LogP contribution in [-0.2, 0) is 0 Å². The zero-order chi connectivity index (χ0) is 33.4. The van der Waals surface area contributed by atoms with E-state index in [2.05, 4.69) is 20.9 Å². The number of aromatic amines is 1. The number of halogens is 1. The molecular weight excluding hydrogens is 686 g/mol. The van der Waals surface area contributed by atoms with Crippen molar-refractivity contribution in [3.8, 4) is 68.7 Å². The number of aromatic nitrogens is 9. The van der Waals surface area contributed by atoms with E-state index in [4.69, 9.17) is 39.9 Å². The Morgan fingerprint density at radius 1 is 0.380 bits per heavy atom. The summed E-state index contributed by atoms with van der Waals surface area (Å²) in [7, 11) is 0. The summed E-state index contributed by atoms with van der Waals surface area (Å²) in [5.41, 5.74) is 5.43. The number of fused-ring (bicyclic) bond motifs is 3. The van der Waals surface area contributed by atoms with E-state index in [0.717, 1.165) is 43.0 Å². The van der Waals surface area contributed by atoms with Crippen molar-refractivity contribution in [1.82, 2.24) is 44.9 Å². The number of benzene rings is 5. The van der Waals surface area contributed by atoms with Gasteiger partial charge in [-0.1, -0.05) is 137 Å². The molecule has 0 amide bonds. The summed E-state index contributed by atoms with van der Waals surface area (Å²) in [6.07, 6.45) is 0. The minimum absolute atomic E-state index is 0.304. The largest absolute Gasteiger partial charge is 0.339 e. The zero-order valence-corrected chi connectivity index (χ0v) is 27.8. The number of nitrogens with zero attached hydrogens (tertiary/aromatic N) is 8. The predicted molar refractivity (Wildman–Crippen MR) is 198 cm³/mol. The minimum atomic E-state index is 0.304. The summed E-state index contributed by atoms with van der Waals surface area (Å²) >= 11 is 3.66. The SMILES string of the molecule is Brc1ccc2[nH]c3nc(-c4nc(-c5ccccc5)nc(-c5ccccc5)n4)nc(-c4nc(-c5ccccc5)nc(-c5ccccc5)n4)c3c2c1. The summed E-state index contributed by atoms with van der Waals surface area (Å²) in [6.45, 7) is 0.